The van der Waals surface area contributed by atoms with Crippen molar-refractivity contribution in [1.82, 2.24) is 4.90 Å². The van der Waals surface area contributed by atoms with E-state index in [0.717, 1.165) is 0 Å². The van der Waals surface area contributed by atoms with Crippen LogP contribution in [0.2, 0.25) is 0 Å². The van der Waals surface area contributed by atoms with Crippen molar-refractivity contribution in [1.29, 1.82) is 0 Å². The molecule has 2 nitrogen and oxygen atoms in total. The van der Waals surface area contributed by atoms with Crippen LogP contribution in [0.5, 0.6) is 0 Å². The fourth-order valence-electron chi connectivity index (χ4n) is 2.83. The van der Waals surface area contributed by atoms with Crippen molar-refractivity contribution in [3.63, 3.8) is 0 Å². The molecule has 0 aliphatic heterocycles. The summed E-state index contributed by atoms with van der Waals surface area (Å²) in [5.41, 5.74) is 6.73. The summed E-state index contributed by atoms with van der Waals surface area (Å²) in [5.74, 6) is 0.699. The molecule has 2 unspecified atom stereocenters. The van der Waals surface area contributed by atoms with Gasteiger partial charge in [-0.3, -0.25) is 0 Å². The minimum absolute atomic E-state index is 0.428. The monoisotopic (exact) mass is 212 g/mol. The molecule has 90 valence electrons. The van der Waals surface area contributed by atoms with E-state index in [1.54, 1.807) is 0 Å². The van der Waals surface area contributed by atoms with Gasteiger partial charge in [0.1, 0.15) is 0 Å². The van der Waals surface area contributed by atoms with Gasteiger partial charge in [-0.15, -0.1) is 0 Å². The Morgan fingerprint density at radius 3 is 2.67 bits per heavy atom. The van der Waals surface area contributed by atoms with Crippen molar-refractivity contribution in [3.8, 4) is 0 Å². The van der Waals surface area contributed by atoms with Crippen molar-refractivity contribution >= 4 is 0 Å². The molecule has 0 bridgehead atoms. The summed E-state index contributed by atoms with van der Waals surface area (Å²) in [7, 11) is 2.22. The Morgan fingerprint density at radius 1 is 1.40 bits per heavy atom. The maximum absolute atomic E-state index is 6.22. The van der Waals surface area contributed by atoms with Gasteiger partial charge in [0.05, 0.1) is 0 Å². The summed E-state index contributed by atoms with van der Waals surface area (Å²) in [6.45, 7) is 9.38. The molecule has 2 atom stereocenters. The number of rotatable bonds is 4. The molecule has 0 amide bonds. The molecule has 15 heavy (non-hydrogen) atoms. The molecule has 1 rings (SSSR count). The van der Waals surface area contributed by atoms with Crippen molar-refractivity contribution in [2.75, 3.05) is 20.1 Å². The zero-order valence-corrected chi connectivity index (χ0v) is 10.9. The molecule has 0 saturated heterocycles. The highest BCUT2D eigenvalue weighted by Gasteiger charge is 2.33. The SMILES string of the molecule is CCCN(C)CC1CC(C)(C)CCC1N. The normalized spacial score (nSPS) is 30.8. The average Bonchev–Trinajstić information content (AvgIpc) is 2.11. The molecule has 0 aromatic carbocycles. The number of nitrogens with two attached hydrogens (primary N) is 1. The summed E-state index contributed by atoms with van der Waals surface area (Å²) in [6.07, 6.45) is 5.03. The molecule has 1 fully saturated rings. The van der Waals surface area contributed by atoms with Crippen LogP contribution in [0.4, 0.5) is 0 Å². The molecular weight excluding hydrogens is 184 g/mol. The molecule has 2 heteroatoms. The topological polar surface area (TPSA) is 29.3 Å². The van der Waals surface area contributed by atoms with Crippen LogP contribution in [0.3, 0.4) is 0 Å². The molecule has 0 aromatic heterocycles. The van der Waals surface area contributed by atoms with Crippen LogP contribution in [0.25, 0.3) is 0 Å². The van der Waals surface area contributed by atoms with E-state index in [-0.39, 0.29) is 0 Å². The van der Waals surface area contributed by atoms with Crippen LogP contribution in [0.15, 0.2) is 0 Å². The van der Waals surface area contributed by atoms with Crippen molar-refractivity contribution in [3.05, 3.63) is 0 Å². The van der Waals surface area contributed by atoms with E-state index in [2.05, 4.69) is 32.7 Å². The van der Waals surface area contributed by atoms with Gasteiger partial charge < -0.3 is 10.6 Å². The van der Waals surface area contributed by atoms with Crippen molar-refractivity contribution < 1.29 is 0 Å². The van der Waals surface area contributed by atoms with E-state index >= 15 is 0 Å². The Labute approximate surface area is 95.2 Å². The van der Waals surface area contributed by atoms with Gasteiger partial charge in [-0.05, 0) is 50.6 Å². The van der Waals surface area contributed by atoms with E-state index in [9.17, 15) is 0 Å². The van der Waals surface area contributed by atoms with Crippen molar-refractivity contribution in [2.24, 2.45) is 17.1 Å². The first-order valence-corrected chi connectivity index (χ1v) is 6.39. The highest BCUT2D eigenvalue weighted by Crippen LogP contribution is 2.38. The van der Waals surface area contributed by atoms with Gasteiger partial charge in [0, 0.05) is 12.6 Å². The molecule has 0 spiro atoms. The standard InChI is InChI=1S/C13H28N2/c1-5-8-15(4)10-11-9-13(2,3)7-6-12(11)14/h11-12H,5-10,14H2,1-4H3. The smallest absolute Gasteiger partial charge is 0.00797 e. The molecule has 2 N–H and O–H groups in total. The maximum atomic E-state index is 6.22. The molecule has 1 aliphatic rings. The Morgan fingerprint density at radius 2 is 2.07 bits per heavy atom. The summed E-state index contributed by atoms with van der Waals surface area (Å²) < 4.78 is 0. The summed E-state index contributed by atoms with van der Waals surface area (Å²) in [5, 5.41) is 0. The Kier molecular flexibility index (Phi) is 4.60. The number of hydrogen-bond acceptors (Lipinski definition) is 2. The second-order valence-electron chi connectivity index (χ2n) is 6.09. The quantitative estimate of drug-likeness (QED) is 0.776. The minimum atomic E-state index is 0.428. The minimum Gasteiger partial charge on any atom is -0.327 e. The van der Waals surface area contributed by atoms with Crippen LogP contribution in [-0.2, 0) is 0 Å². The van der Waals surface area contributed by atoms with Gasteiger partial charge in [-0.25, -0.2) is 0 Å². The van der Waals surface area contributed by atoms with Crippen LogP contribution in [0.1, 0.15) is 46.5 Å². The lowest BCUT2D eigenvalue weighted by molar-refractivity contribution is 0.125. The first-order valence-electron chi connectivity index (χ1n) is 6.39. The molecular formula is C13H28N2. The fraction of sp³-hybridized carbons (Fsp3) is 1.00. The molecule has 1 saturated carbocycles. The Balaban J connectivity index is 2.44. The zero-order valence-electron chi connectivity index (χ0n) is 10.9. The highest BCUT2D eigenvalue weighted by molar-refractivity contribution is 4.88. The second-order valence-corrected chi connectivity index (χ2v) is 6.09. The predicted octanol–water partition coefficient (Wildman–Crippen LogP) is 2.48. The van der Waals surface area contributed by atoms with Crippen LogP contribution in [0, 0.1) is 11.3 Å². The maximum Gasteiger partial charge on any atom is 0.00797 e. The van der Waals surface area contributed by atoms with E-state index in [0.29, 0.717) is 17.4 Å². The first kappa shape index (κ1) is 13.0. The molecule has 1 aliphatic carbocycles. The van der Waals surface area contributed by atoms with Gasteiger partial charge in [-0.1, -0.05) is 20.8 Å². The van der Waals surface area contributed by atoms with E-state index in [4.69, 9.17) is 5.73 Å². The van der Waals surface area contributed by atoms with E-state index in [1.807, 2.05) is 0 Å². The highest BCUT2D eigenvalue weighted by atomic mass is 15.1. The zero-order chi connectivity index (χ0) is 11.5. The van der Waals surface area contributed by atoms with Crippen LogP contribution >= 0.6 is 0 Å². The van der Waals surface area contributed by atoms with Gasteiger partial charge in [-0.2, -0.15) is 0 Å². The molecule has 0 radical (unpaired) electrons. The number of hydrogen-bond donors (Lipinski definition) is 1. The number of nitrogens with zero attached hydrogens (tertiary/aromatic N) is 1. The molecule has 0 aromatic rings. The third-order valence-corrected chi connectivity index (χ3v) is 3.73. The van der Waals surface area contributed by atoms with Crippen LogP contribution < -0.4 is 5.73 Å². The Bertz CT molecular complexity index is 189. The third-order valence-electron chi connectivity index (χ3n) is 3.73. The summed E-state index contributed by atoms with van der Waals surface area (Å²) >= 11 is 0. The van der Waals surface area contributed by atoms with Gasteiger partial charge in [0.25, 0.3) is 0 Å². The fourth-order valence-corrected chi connectivity index (χ4v) is 2.83. The lowest BCUT2D eigenvalue weighted by Gasteiger charge is -2.40. The summed E-state index contributed by atoms with van der Waals surface area (Å²) in [4.78, 5) is 2.44. The largest absolute Gasteiger partial charge is 0.327 e. The van der Waals surface area contributed by atoms with Gasteiger partial charge in [0.2, 0.25) is 0 Å². The predicted molar refractivity (Wildman–Crippen MR) is 66.9 cm³/mol. The Hall–Kier alpha value is -0.0800. The average molecular weight is 212 g/mol. The lowest BCUT2D eigenvalue weighted by Crippen LogP contribution is -2.44. The second kappa shape index (κ2) is 5.31. The summed E-state index contributed by atoms with van der Waals surface area (Å²) in [6, 6.07) is 0.428. The van der Waals surface area contributed by atoms with Crippen LogP contribution in [-0.4, -0.2) is 31.1 Å². The van der Waals surface area contributed by atoms with Gasteiger partial charge in [0.15, 0.2) is 0 Å². The van der Waals surface area contributed by atoms with Crippen molar-refractivity contribution in [2.45, 2.75) is 52.5 Å². The van der Waals surface area contributed by atoms with E-state index < -0.39 is 0 Å². The van der Waals surface area contributed by atoms with Gasteiger partial charge >= 0.3 is 0 Å². The lowest BCUT2D eigenvalue weighted by atomic mass is 9.70. The van der Waals surface area contributed by atoms with E-state index in [1.165, 1.54) is 38.8 Å². The molecule has 0 heterocycles. The third kappa shape index (κ3) is 4.12. The first-order chi connectivity index (χ1) is 6.94.